The third kappa shape index (κ3) is 6.83. The van der Waals surface area contributed by atoms with Crippen LogP contribution in [0.1, 0.15) is 71.6 Å². The first-order valence-electron chi connectivity index (χ1n) is 18.3. The van der Waals surface area contributed by atoms with E-state index in [1.165, 1.54) is 22.3 Å². The van der Waals surface area contributed by atoms with Gasteiger partial charge in [0.15, 0.2) is 0 Å². The summed E-state index contributed by atoms with van der Waals surface area (Å²) in [5.74, 6) is 1.14. The van der Waals surface area contributed by atoms with Gasteiger partial charge in [-0.15, -0.1) is 24.2 Å². The van der Waals surface area contributed by atoms with Crippen molar-refractivity contribution in [2.45, 2.75) is 97.7 Å². The molecule has 3 saturated heterocycles. The maximum Gasteiger partial charge on any atom is 3.00 e. The molecule has 4 aromatic carbocycles. The topological polar surface area (TPSA) is 52.3 Å². The molecule has 5 aliphatic rings. The van der Waals surface area contributed by atoms with E-state index in [9.17, 15) is 0 Å². The van der Waals surface area contributed by atoms with Gasteiger partial charge in [0.1, 0.15) is 0 Å². The van der Waals surface area contributed by atoms with E-state index in [-0.39, 0.29) is 102 Å². The zero-order chi connectivity index (χ0) is 31.9. The van der Waals surface area contributed by atoms with Crippen molar-refractivity contribution in [2.24, 2.45) is 0 Å². The maximum atomic E-state index is 5.80. The molecule has 4 nitrogen and oxygen atoms in total. The number of nitrogens with zero attached hydrogens (tertiary/aromatic N) is 2. The Kier molecular flexibility index (Phi) is 11.1. The van der Waals surface area contributed by atoms with E-state index in [1.54, 1.807) is 0 Å². The molecule has 8 bridgehead atoms. The number of rotatable bonds is 4. The van der Waals surface area contributed by atoms with Crippen LogP contribution in [0.5, 0.6) is 0 Å². The second kappa shape index (κ2) is 15.7. The van der Waals surface area contributed by atoms with Gasteiger partial charge in [-0.1, -0.05) is 171 Å². The summed E-state index contributed by atoms with van der Waals surface area (Å²) < 4.78 is 0. The minimum Gasteiger partial charge on any atom is -1.00 e. The zero-order valence-electron chi connectivity index (χ0n) is 28.3. The molecule has 3 fully saturated rings. The molecule has 9 rings (SSSR count). The third-order valence-corrected chi connectivity index (χ3v) is 12.0. The Morgan fingerprint density at radius 1 is 0.360 bits per heavy atom. The molecule has 12 atom stereocenters. The second-order valence-electron chi connectivity index (χ2n) is 14.7. The first-order chi connectivity index (χ1) is 23.8. The molecule has 50 heavy (non-hydrogen) atoms. The fourth-order valence-electron chi connectivity index (χ4n) is 9.98. The molecule has 1 radical (unpaired) electrons. The molecule has 4 aromatic rings. The van der Waals surface area contributed by atoms with E-state index in [2.05, 4.69) is 156 Å². The summed E-state index contributed by atoms with van der Waals surface area (Å²) in [4.78, 5) is 0. The Hall–Kier alpha value is -2.98. The van der Waals surface area contributed by atoms with Gasteiger partial charge in [0, 0.05) is 24.2 Å². The number of hydrogen-bond acceptors (Lipinski definition) is 2. The fraction of sp³-hybridized carbons (Fsp3) is 0.364. The van der Waals surface area contributed by atoms with Crippen molar-refractivity contribution in [3.05, 3.63) is 179 Å². The van der Waals surface area contributed by atoms with Gasteiger partial charge in [0.2, 0.25) is 0 Å². The minimum atomic E-state index is 0. The summed E-state index contributed by atoms with van der Waals surface area (Å²) in [6.07, 6.45) is 14.3. The average Bonchev–Trinajstić information content (AvgIpc) is 3.98. The summed E-state index contributed by atoms with van der Waals surface area (Å²) in [5, 5.41) is 20.0. The number of hydrogen-bond donors (Lipinski definition) is 2. The molecule has 0 aliphatic carbocycles. The predicted octanol–water partition coefficient (Wildman–Crippen LogP) is 5.74. The molecule has 5 heterocycles. The van der Waals surface area contributed by atoms with Gasteiger partial charge in [-0.3, -0.25) is 0 Å². The first-order valence-corrected chi connectivity index (χ1v) is 18.3. The van der Waals surface area contributed by atoms with Crippen LogP contribution in [-0.2, 0) is 17.4 Å². The van der Waals surface area contributed by atoms with Gasteiger partial charge in [-0.25, -0.2) is 0 Å². The Morgan fingerprint density at radius 3 is 0.800 bits per heavy atom. The van der Waals surface area contributed by atoms with E-state index in [0.717, 1.165) is 25.7 Å². The Bertz CT molecular complexity index is 1470. The third-order valence-electron chi connectivity index (χ3n) is 12.0. The van der Waals surface area contributed by atoms with Gasteiger partial charge in [0.25, 0.3) is 0 Å². The van der Waals surface area contributed by atoms with Gasteiger partial charge in [0.05, 0.1) is 0 Å². The summed E-state index contributed by atoms with van der Waals surface area (Å²) in [6, 6.07) is 46.7. The molecule has 255 valence electrons. The van der Waals surface area contributed by atoms with Crippen LogP contribution in [0, 0.1) is 0 Å². The van der Waals surface area contributed by atoms with Crippen LogP contribution < -0.4 is 23.0 Å². The smallest absolute Gasteiger partial charge is 1.00 e. The number of nitrogens with one attached hydrogen (secondary N) is 2. The largest absolute Gasteiger partial charge is 3.00 e. The quantitative estimate of drug-likeness (QED) is 0.265. The number of halogens is 1. The van der Waals surface area contributed by atoms with E-state index in [1.807, 2.05) is 0 Å². The molecule has 12 unspecified atom stereocenters. The summed E-state index contributed by atoms with van der Waals surface area (Å²) in [5.41, 5.74) is 5.55. The van der Waals surface area contributed by atoms with Crippen LogP contribution in [-0.4, -0.2) is 48.3 Å². The molecule has 2 N–H and O–H groups in total. The van der Waals surface area contributed by atoms with Crippen molar-refractivity contribution in [3.63, 3.8) is 0 Å². The normalized spacial score (nSPS) is 35.7. The molecular weight excluding hydrogens is 672 g/mol. The van der Waals surface area contributed by atoms with Crippen LogP contribution in [0.4, 0.5) is 0 Å². The van der Waals surface area contributed by atoms with E-state index in [0.29, 0.717) is 0 Å². The van der Waals surface area contributed by atoms with Crippen molar-refractivity contribution in [2.75, 3.05) is 0 Å². The van der Waals surface area contributed by atoms with Crippen molar-refractivity contribution in [1.29, 1.82) is 0 Å². The molecule has 0 aromatic heterocycles. The average molecular weight is 718 g/mol. The predicted molar refractivity (Wildman–Crippen MR) is 197 cm³/mol. The van der Waals surface area contributed by atoms with Gasteiger partial charge >= 0.3 is 17.4 Å². The summed E-state index contributed by atoms with van der Waals surface area (Å²) in [6.45, 7) is 0. The molecule has 6 heteroatoms. The van der Waals surface area contributed by atoms with Gasteiger partial charge < -0.3 is 33.7 Å². The number of fused-ring (bicyclic) bond motifs is 8. The van der Waals surface area contributed by atoms with E-state index >= 15 is 0 Å². The summed E-state index contributed by atoms with van der Waals surface area (Å²) in [7, 11) is 0. The van der Waals surface area contributed by atoms with E-state index in [4.69, 9.17) is 10.6 Å². The van der Waals surface area contributed by atoms with E-state index < -0.39 is 0 Å². The second-order valence-corrected chi connectivity index (χ2v) is 14.7. The molecule has 0 amide bonds. The van der Waals surface area contributed by atoms with Crippen molar-refractivity contribution in [3.8, 4) is 0 Å². The van der Waals surface area contributed by atoms with Crippen LogP contribution in [0.3, 0.4) is 0 Å². The van der Waals surface area contributed by atoms with Gasteiger partial charge in [-0.05, 0) is 45.9 Å². The minimum absolute atomic E-state index is 0. The van der Waals surface area contributed by atoms with Crippen LogP contribution in [0.25, 0.3) is 10.6 Å². The van der Waals surface area contributed by atoms with Crippen molar-refractivity contribution in [1.82, 2.24) is 10.6 Å². The fourth-order valence-corrected chi connectivity index (χ4v) is 9.98. The maximum absolute atomic E-state index is 5.80. The Balaban J connectivity index is 0.00000196. The molecule has 5 aliphatic heterocycles. The number of benzene rings is 4. The molecule has 0 spiro atoms. The monoisotopic (exact) mass is 717 g/mol. The SMILES string of the molecule is C1=CC2NC1C(c1ccccc1)C1CCC([N-]1)C(c1ccccc1)C1C=CC(N1)C(c1ccccc1)C1CCC([N-]1)C2c1ccccc1.[Cl-].[Cr+3]. The van der Waals surface area contributed by atoms with Crippen LogP contribution in [0.2, 0.25) is 0 Å². The standard InChI is InChI=1S/C44H46N4.ClH.Cr/c1-5-13-29(14-6-1)41-33-21-23-35(45-33)42(30-15-7-2-8-16-30)37-25-27-39(47-37)44(32-19-11-4-12-20-32)40-28-26-38(48-40)43(31-17-9-3-10-18-31)36-24-22-34(41)46-36;;/h1-21,23,26,28,33-45,48H,22,24-25,27H2;1H;/q-2;;+3/p-1. The van der Waals surface area contributed by atoms with Crippen LogP contribution >= 0.6 is 0 Å². The van der Waals surface area contributed by atoms with Crippen LogP contribution in [0.15, 0.2) is 146 Å². The Labute approximate surface area is 315 Å². The zero-order valence-corrected chi connectivity index (χ0v) is 30.3. The molecular formula is C44H46ClCrN4. The Morgan fingerprint density at radius 2 is 0.580 bits per heavy atom. The summed E-state index contributed by atoms with van der Waals surface area (Å²) >= 11 is 0. The van der Waals surface area contributed by atoms with Crippen molar-refractivity contribution >= 4 is 0 Å². The molecule has 0 saturated carbocycles. The first kappa shape index (κ1) is 35.4. The van der Waals surface area contributed by atoms with Crippen molar-refractivity contribution < 1.29 is 29.8 Å². The van der Waals surface area contributed by atoms with Gasteiger partial charge in [-0.2, -0.15) is 0 Å².